The summed E-state index contributed by atoms with van der Waals surface area (Å²) in [6, 6.07) is 15.7. The van der Waals surface area contributed by atoms with Crippen LogP contribution in [0.1, 0.15) is 21.5 Å². The van der Waals surface area contributed by atoms with Crippen molar-refractivity contribution in [1.29, 1.82) is 5.26 Å². The van der Waals surface area contributed by atoms with Crippen molar-refractivity contribution in [3.05, 3.63) is 83.2 Å². The molecule has 0 aliphatic rings. The van der Waals surface area contributed by atoms with E-state index in [0.29, 0.717) is 11.1 Å². The number of nitriles is 1. The summed E-state index contributed by atoms with van der Waals surface area (Å²) >= 11 is 0. The number of carboxylic acids is 1. The van der Waals surface area contributed by atoms with Gasteiger partial charge in [-0.05, 0) is 59.2 Å². The summed E-state index contributed by atoms with van der Waals surface area (Å²) in [5.74, 6) is -2.29. The lowest BCUT2D eigenvalue weighted by Crippen LogP contribution is -2.10. The zero-order valence-electron chi connectivity index (χ0n) is 15.8. The van der Waals surface area contributed by atoms with Gasteiger partial charge in [0.25, 0.3) is 0 Å². The van der Waals surface area contributed by atoms with Crippen LogP contribution in [-0.4, -0.2) is 26.6 Å². The minimum absolute atomic E-state index is 0.00347. The topological polar surface area (TPSA) is 104 Å². The number of carboxylic acid groups (broad SMARTS) is 1. The molecule has 3 rings (SSSR count). The monoisotopic (exact) mass is 425 g/mol. The smallest absolute Gasteiger partial charge is 0.335 e. The van der Waals surface area contributed by atoms with Gasteiger partial charge in [-0.15, -0.1) is 0 Å². The van der Waals surface area contributed by atoms with E-state index >= 15 is 0 Å². The number of sulfone groups is 1. The summed E-state index contributed by atoms with van der Waals surface area (Å²) in [5.41, 5.74) is 1.22. The fourth-order valence-corrected chi connectivity index (χ4v) is 4.62. The van der Waals surface area contributed by atoms with E-state index in [-0.39, 0.29) is 27.3 Å². The lowest BCUT2D eigenvalue weighted by Gasteiger charge is -2.14. The van der Waals surface area contributed by atoms with Gasteiger partial charge in [0, 0.05) is 0 Å². The van der Waals surface area contributed by atoms with E-state index in [1.807, 2.05) is 6.07 Å². The van der Waals surface area contributed by atoms with Crippen LogP contribution in [0.15, 0.2) is 65.6 Å². The second-order valence-electron chi connectivity index (χ2n) is 6.42. The third kappa shape index (κ3) is 4.31. The van der Waals surface area contributed by atoms with E-state index in [0.717, 1.165) is 6.07 Å². The molecule has 8 heteroatoms. The molecule has 0 atom stereocenters. The SMILES string of the molecule is COc1ccc(C(=O)O)cc1S(=O)(=O)Cc1cc(C#N)ccc1-c1cccc(F)c1. The Balaban J connectivity index is 2.15. The Morgan fingerprint density at radius 3 is 2.53 bits per heavy atom. The molecule has 0 fully saturated rings. The first-order valence-electron chi connectivity index (χ1n) is 8.68. The van der Waals surface area contributed by atoms with Crippen molar-refractivity contribution in [3.63, 3.8) is 0 Å². The van der Waals surface area contributed by atoms with Crippen molar-refractivity contribution in [2.45, 2.75) is 10.6 Å². The zero-order valence-corrected chi connectivity index (χ0v) is 16.6. The van der Waals surface area contributed by atoms with Gasteiger partial charge in [0.2, 0.25) is 0 Å². The lowest BCUT2D eigenvalue weighted by atomic mass is 9.98. The van der Waals surface area contributed by atoms with Crippen LogP contribution in [0.25, 0.3) is 11.1 Å². The molecule has 0 saturated carbocycles. The average molecular weight is 425 g/mol. The summed E-state index contributed by atoms with van der Waals surface area (Å²) < 4.78 is 45.2. The van der Waals surface area contributed by atoms with Crippen molar-refractivity contribution < 1.29 is 27.4 Å². The molecule has 0 unspecified atom stereocenters. The van der Waals surface area contributed by atoms with E-state index < -0.39 is 27.4 Å². The number of halogens is 1. The third-order valence-corrected chi connectivity index (χ3v) is 6.14. The predicted octanol–water partition coefficient (Wildman–Crippen LogP) is 4.05. The van der Waals surface area contributed by atoms with Crippen LogP contribution < -0.4 is 4.74 Å². The highest BCUT2D eigenvalue weighted by Crippen LogP contribution is 2.32. The normalized spacial score (nSPS) is 11.0. The first-order chi connectivity index (χ1) is 14.2. The molecule has 0 heterocycles. The summed E-state index contributed by atoms with van der Waals surface area (Å²) in [6.07, 6.45) is 0. The van der Waals surface area contributed by atoms with Crippen LogP contribution >= 0.6 is 0 Å². The van der Waals surface area contributed by atoms with Gasteiger partial charge >= 0.3 is 5.97 Å². The van der Waals surface area contributed by atoms with Crippen LogP contribution in [0.4, 0.5) is 4.39 Å². The molecule has 6 nitrogen and oxygen atoms in total. The Labute approximate surface area is 172 Å². The number of ether oxygens (including phenoxy) is 1. The first kappa shape index (κ1) is 21.0. The highest BCUT2D eigenvalue weighted by atomic mass is 32.2. The molecule has 0 bridgehead atoms. The molecule has 0 radical (unpaired) electrons. The van der Waals surface area contributed by atoms with Gasteiger partial charge in [-0.25, -0.2) is 17.6 Å². The van der Waals surface area contributed by atoms with Crippen LogP contribution in [0.3, 0.4) is 0 Å². The molecule has 0 aliphatic carbocycles. The quantitative estimate of drug-likeness (QED) is 0.639. The minimum Gasteiger partial charge on any atom is -0.495 e. The molecule has 3 aromatic carbocycles. The third-order valence-electron chi connectivity index (χ3n) is 4.46. The number of hydrogen-bond donors (Lipinski definition) is 1. The van der Waals surface area contributed by atoms with Crippen molar-refractivity contribution in [2.75, 3.05) is 7.11 Å². The largest absolute Gasteiger partial charge is 0.495 e. The van der Waals surface area contributed by atoms with Crippen LogP contribution in [0.5, 0.6) is 5.75 Å². The van der Waals surface area contributed by atoms with Gasteiger partial charge in [0.15, 0.2) is 9.84 Å². The Morgan fingerprint density at radius 2 is 1.90 bits per heavy atom. The molecular weight excluding hydrogens is 409 g/mol. The Morgan fingerprint density at radius 1 is 1.13 bits per heavy atom. The number of aromatic carboxylic acids is 1. The van der Waals surface area contributed by atoms with Crippen LogP contribution in [0.2, 0.25) is 0 Å². The van der Waals surface area contributed by atoms with Crippen molar-refractivity contribution in [1.82, 2.24) is 0 Å². The average Bonchev–Trinajstić information content (AvgIpc) is 2.72. The molecule has 3 aromatic rings. The van der Waals surface area contributed by atoms with Crippen LogP contribution in [-0.2, 0) is 15.6 Å². The fourth-order valence-electron chi connectivity index (χ4n) is 3.06. The van der Waals surface area contributed by atoms with Gasteiger partial charge in [-0.1, -0.05) is 18.2 Å². The Hall–Kier alpha value is -3.70. The number of rotatable bonds is 6. The van der Waals surface area contributed by atoms with Crippen molar-refractivity contribution in [2.24, 2.45) is 0 Å². The highest BCUT2D eigenvalue weighted by molar-refractivity contribution is 7.90. The summed E-state index contributed by atoms with van der Waals surface area (Å²) in [6.45, 7) is 0. The van der Waals surface area contributed by atoms with Crippen molar-refractivity contribution in [3.8, 4) is 22.9 Å². The fraction of sp³-hybridized carbons (Fsp3) is 0.0909. The van der Waals surface area contributed by atoms with E-state index in [1.165, 1.54) is 49.6 Å². The maximum Gasteiger partial charge on any atom is 0.335 e. The number of methoxy groups -OCH3 is 1. The molecule has 0 amide bonds. The van der Waals surface area contributed by atoms with Gasteiger partial charge in [0.1, 0.15) is 16.5 Å². The second kappa shape index (κ2) is 8.35. The number of carbonyl (C=O) groups is 1. The van der Waals surface area contributed by atoms with Crippen molar-refractivity contribution >= 4 is 15.8 Å². The van der Waals surface area contributed by atoms with E-state index in [4.69, 9.17) is 4.74 Å². The maximum atomic E-state index is 13.7. The standard InChI is InChI=1S/C22H16FNO5S/c1-29-20-8-6-16(22(25)26)11-21(20)30(27,28)13-17-9-14(12-24)5-7-19(17)15-3-2-4-18(23)10-15/h2-11H,13H2,1H3,(H,25,26). The molecular formula is C22H16FNO5S. The molecule has 0 aromatic heterocycles. The number of benzene rings is 3. The molecule has 0 aliphatic heterocycles. The van der Waals surface area contributed by atoms with E-state index in [9.17, 15) is 28.0 Å². The maximum absolute atomic E-state index is 13.7. The Bertz CT molecular complexity index is 1280. The molecule has 30 heavy (non-hydrogen) atoms. The summed E-state index contributed by atoms with van der Waals surface area (Å²) in [7, 11) is -2.79. The second-order valence-corrected chi connectivity index (χ2v) is 8.38. The first-order valence-corrected chi connectivity index (χ1v) is 10.3. The van der Waals surface area contributed by atoms with Crippen LogP contribution in [0, 0.1) is 17.1 Å². The Kier molecular flexibility index (Phi) is 5.85. The molecule has 0 saturated heterocycles. The predicted molar refractivity (Wildman–Crippen MR) is 107 cm³/mol. The highest BCUT2D eigenvalue weighted by Gasteiger charge is 2.24. The zero-order chi connectivity index (χ0) is 21.9. The molecule has 152 valence electrons. The van der Waals surface area contributed by atoms with Gasteiger partial charge in [-0.3, -0.25) is 0 Å². The summed E-state index contributed by atoms with van der Waals surface area (Å²) in [5, 5.41) is 18.4. The van der Waals surface area contributed by atoms with Gasteiger partial charge < -0.3 is 9.84 Å². The summed E-state index contributed by atoms with van der Waals surface area (Å²) in [4.78, 5) is 11.0. The number of nitrogens with zero attached hydrogens (tertiary/aromatic N) is 1. The minimum atomic E-state index is -4.07. The number of hydrogen-bond acceptors (Lipinski definition) is 5. The molecule has 1 N–H and O–H groups in total. The lowest BCUT2D eigenvalue weighted by molar-refractivity contribution is 0.0696. The van der Waals surface area contributed by atoms with Gasteiger partial charge in [-0.2, -0.15) is 5.26 Å². The molecule has 0 spiro atoms. The van der Waals surface area contributed by atoms with E-state index in [1.54, 1.807) is 12.1 Å². The van der Waals surface area contributed by atoms with Gasteiger partial charge in [0.05, 0.1) is 30.1 Å². The van der Waals surface area contributed by atoms with E-state index in [2.05, 4.69) is 0 Å².